The predicted octanol–water partition coefficient (Wildman–Crippen LogP) is 1.46. The lowest BCUT2D eigenvalue weighted by Gasteiger charge is -2.38. The van der Waals surface area contributed by atoms with Crippen LogP contribution in [0, 0.1) is 0 Å². The molecule has 2 bridgehead atoms. The minimum Gasteiger partial charge on any atom is -0.328 e. The number of hydrogen-bond acceptors (Lipinski definition) is 2. The molecule has 0 aromatic carbocycles. The van der Waals surface area contributed by atoms with Crippen LogP contribution in [0.5, 0.6) is 0 Å². The molecule has 12 heavy (non-hydrogen) atoms. The van der Waals surface area contributed by atoms with Crippen molar-refractivity contribution in [2.24, 2.45) is 5.73 Å². The van der Waals surface area contributed by atoms with Crippen LogP contribution in [0.15, 0.2) is 0 Å². The standard InChI is InChI=1S/C8H16N2.2ClH/c9-6-4-7-2-1-3-8(5-6)10-7;;/h6-8,10H,1-5,9H2;2*1H. The molecule has 3 N–H and O–H groups in total. The Balaban J connectivity index is 0.000000605. The monoisotopic (exact) mass is 212 g/mol. The number of halogens is 2. The van der Waals surface area contributed by atoms with Crippen LogP contribution in [0.3, 0.4) is 0 Å². The Morgan fingerprint density at radius 1 is 1.00 bits per heavy atom. The van der Waals surface area contributed by atoms with Gasteiger partial charge < -0.3 is 11.1 Å². The van der Waals surface area contributed by atoms with Gasteiger partial charge in [-0.25, -0.2) is 0 Å². The lowest BCUT2D eigenvalue weighted by molar-refractivity contribution is 0.222. The Labute approximate surface area is 86.5 Å². The van der Waals surface area contributed by atoms with Crippen LogP contribution in [0.25, 0.3) is 0 Å². The van der Waals surface area contributed by atoms with E-state index >= 15 is 0 Å². The second kappa shape index (κ2) is 5.28. The summed E-state index contributed by atoms with van der Waals surface area (Å²) in [5.74, 6) is 0. The number of rotatable bonds is 0. The second-order valence-corrected chi connectivity index (χ2v) is 3.72. The third-order valence-electron chi connectivity index (χ3n) is 2.75. The topological polar surface area (TPSA) is 38.0 Å². The highest BCUT2D eigenvalue weighted by Crippen LogP contribution is 2.24. The molecule has 2 rings (SSSR count). The van der Waals surface area contributed by atoms with Crippen LogP contribution in [-0.2, 0) is 0 Å². The van der Waals surface area contributed by atoms with Crippen molar-refractivity contribution in [3.8, 4) is 0 Å². The molecule has 2 fully saturated rings. The first-order chi connectivity index (χ1) is 4.84. The molecular formula is C8H18Cl2N2. The molecule has 0 aromatic rings. The molecule has 2 aliphatic heterocycles. The summed E-state index contributed by atoms with van der Waals surface area (Å²) < 4.78 is 0. The third kappa shape index (κ3) is 2.77. The molecule has 2 aliphatic rings. The fourth-order valence-corrected chi connectivity index (χ4v) is 2.31. The van der Waals surface area contributed by atoms with Crippen LogP contribution in [0.4, 0.5) is 0 Å². The summed E-state index contributed by atoms with van der Waals surface area (Å²) in [4.78, 5) is 0. The Morgan fingerprint density at radius 2 is 1.50 bits per heavy atom. The van der Waals surface area contributed by atoms with Gasteiger partial charge in [-0.3, -0.25) is 0 Å². The molecule has 2 nitrogen and oxygen atoms in total. The van der Waals surface area contributed by atoms with E-state index in [1.54, 1.807) is 0 Å². The minimum absolute atomic E-state index is 0. The van der Waals surface area contributed by atoms with Crippen molar-refractivity contribution in [3.63, 3.8) is 0 Å². The molecule has 2 heterocycles. The summed E-state index contributed by atoms with van der Waals surface area (Å²) in [5, 5.41) is 3.60. The molecule has 74 valence electrons. The van der Waals surface area contributed by atoms with Gasteiger partial charge in [0.15, 0.2) is 0 Å². The molecule has 2 unspecified atom stereocenters. The van der Waals surface area contributed by atoms with Crippen molar-refractivity contribution in [2.45, 2.75) is 50.2 Å². The molecule has 2 saturated heterocycles. The molecule has 0 saturated carbocycles. The normalized spacial score (nSPS) is 39.2. The Kier molecular flexibility index (Phi) is 5.50. The zero-order valence-corrected chi connectivity index (χ0v) is 8.79. The molecular weight excluding hydrogens is 195 g/mol. The van der Waals surface area contributed by atoms with E-state index in [4.69, 9.17) is 5.73 Å². The Hall–Kier alpha value is 0.500. The van der Waals surface area contributed by atoms with Gasteiger partial charge in [0.2, 0.25) is 0 Å². The highest BCUT2D eigenvalue weighted by atomic mass is 35.5. The fraction of sp³-hybridized carbons (Fsp3) is 1.00. The molecule has 2 atom stereocenters. The first-order valence-corrected chi connectivity index (χ1v) is 4.36. The first-order valence-electron chi connectivity index (χ1n) is 4.36. The van der Waals surface area contributed by atoms with Gasteiger partial charge in [-0.15, -0.1) is 24.8 Å². The summed E-state index contributed by atoms with van der Waals surface area (Å²) in [6, 6.07) is 1.99. The fourth-order valence-electron chi connectivity index (χ4n) is 2.31. The van der Waals surface area contributed by atoms with Gasteiger partial charge in [0.05, 0.1) is 0 Å². The molecule has 0 aliphatic carbocycles. The van der Waals surface area contributed by atoms with Crippen LogP contribution in [0.1, 0.15) is 32.1 Å². The van der Waals surface area contributed by atoms with Crippen molar-refractivity contribution in [1.29, 1.82) is 0 Å². The summed E-state index contributed by atoms with van der Waals surface area (Å²) in [6.07, 6.45) is 6.52. The Bertz CT molecular complexity index is 116. The van der Waals surface area contributed by atoms with Gasteiger partial charge in [0.25, 0.3) is 0 Å². The maximum absolute atomic E-state index is 5.88. The smallest absolute Gasteiger partial charge is 0.00844 e. The largest absolute Gasteiger partial charge is 0.328 e. The number of nitrogens with two attached hydrogens (primary N) is 1. The predicted molar refractivity (Wildman–Crippen MR) is 56.3 cm³/mol. The van der Waals surface area contributed by atoms with Crippen LogP contribution in [0.2, 0.25) is 0 Å². The van der Waals surface area contributed by atoms with E-state index in [2.05, 4.69) is 5.32 Å². The van der Waals surface area contributed by atoms with Crippen LogP contribution in [-0.4, -0.2) is 18.1 Å². The molecule has 0 aromatic heterocycles. The minimum atomic E-state index is 0. The van der Waals surface area contributed by atoms with E-state index in [-0.39, 0.29) is 24.8 Å². The molecule has 0 spiro atoms. The summed E-state index contributed by atoms with van der Waals surface area (Å²) in [6.45, 7) is 0. The first kappa shape index (κ1) is 12.5. The van der Waals surface area contributed by atoms with Crippen molar-refractivity contribution in [2.75, 3.05) is 0 Å². The van der Waals surface area contributed by atoms with E-state index in [0.717, 1.165) is 12.1 Å². The van der Waals surface area contributed by atoms with Crippen LogP contribution < -0.4 is 11.1 Å². The van der Waals surface area contributed by atoms with E-state index in [1.165, 1.54) is 32.1 Å². The van der Waals surface area contributed by atoms with Gasteiger partial charge >= 0.3 is 0 Å². The van der Waals surface area contributed by atoms with Crippen molar-refractivity contribution in [1.82, 2.24) is 5.32 Å². The van der Waals surface area contributed by atoms with Gasteiger partial charge in [0, 0.05) is 18.1 Å². The summed E-state index contributed by atoms with van der Waals surface area (Å²) in [7, 11) is 0. The maximum atomic E-state index is 5.88. The quantitative estimate of drug-likeness (QED) is 0.639. The lowest BCUT2D eigenvalue weighted by atomic mass is 9.84. The number of hydrogen-bond donors (Lipinski definition) is 2. The number of piperidine rings is 2. The van der Waals surface area contributed by atoms with Crippen molar-refractivity contribution < 1.29 is 0 Å². The van der Waals surface area contributed by atoms with Crippen LogP contribution >= 0.6 is 24.8 Å². The SMILES string of the molecule is Cl.Cl.NC1CC2CCCC(C1)N2. The lowest BCUT2D eigenvalue weighted by Crippen LogP contribution is -2.52. The molecule has 0 radical (unpaired) electrons. The summed E-state index contributed by atoms with van der Waals surface area (Å²) >= 11 is 0. The van der Waals surface area contributed by atoms with Gasteiger partial charge in [-0.1, -0.05) is 6.42 Å². The average Bonchev–Trinajstić information content (AvgIpc) is 1.85. The molecule has 4 heteroatoms. The van der Waals surface area contributed by atoms with Gasteiger partial charge in [-0.2, -0.15) is 0 Å². The van der Waals surface area contributed by atoms with Crippen molar-refractivity contribution >= 4 is 24.8 Å². The van der Waals surface area contributed by atoms with E-state index in [9.17, 15) is 0 Å². The second-order valence-electron chi connectivity index (χ2n) is 3.72. The van der Waals surface area contributed by atoms with E-state index in [0.29, 0.717) is 6.04 Å². The van der Waals surface area contributed by atoms with Gasteiger partial charge in [-0.05, 0) is 25.7 Å². The average molecular weight is 213 g/mol. The maximum Gasteiger partial charge on any atom is 0.00844 e. The summed E-state index contributed by atoms with van der Waals surface area (Å²) in [5.41, 5.74) is 5.88. The highest BCUT2D eigenvalue weighted by Gasteiger charge is 2.28. The highest BCUT2D eigenvalue weighted by molar-refractivity contribution is 5.85. The number of nitrogens with one attached hydrogen (secondary N) is 1. The number of fused-ring (bicyclic) bond motifs is 2. The van der Waals surface area contributed by atoms with E-state index < -0.39 is 0 Å². The Morgan fingerprint density at radius 3 is 2.00 bits per heavy atom. The zero-order chi connectivity index (χ0) is 6.97. The van der Waals surface area contributed by atoms with Crippen molar-refractivity contribution in [3.05, 3.63) is 0 Å². The third-order valence-corrected chi connectivity index (χ3v) is 2.75. The molecule has 0 amide bonds. The zero-order valence-electron chi connectivity index (χ0n) is 7.16. The van der Waals surface area contributed by atoms with E-state index in [1.807, 2.05) is 0 Å². The van der Waals surface area contributed by atoms with Gasteiger partial charge in [0.1, 0.15) is 0 Å².